The molecule has 2 unspecified atom stereocenters. The molecule has 0 spiro atoms. The van der Waals surface area contributed by atoms with Gasteiger partial charge in [0.15, 0.2) is 0 Å². The third-order valence-electron chi connectivity index (χ3n) is 4.33. The number of hydrogen-bond acceptors (Lipinski definition) is 3. The molecule has 0 radical (unpaired) electrons. The monoisotopic (exact) mass is 284 g/mol. The summed E-state index contributed by atoms with van der Waals surface area (Å²) in [4.78, 5) is 25.8. The van der Waals surface area contributed by atoms with Gasteiger partial charge in [-0.15, -0.1) is 0 Å². The minimum atomic E-state index is -0.758. The predicted octanol–water partition coefficient (Wildman–Crippen LogP) is 1.85. The summed E-state index contributed by atoms with van der Waals surface area (Å²) in [5, 5.41) is 9.54. The van der Waals surface area contributed by atoms with Crippen molar-refractivity contribution in [3.05, 3.63) is 0 Å². The number of amides is 1. The third-order valence-corrected chi connectivity index (χ3v) is 4.33. The lowest BCUT2D eigenvalue weighted by Gasteiger charge is -2.40. The quantitative estimate of drug-likeness (QED) is 0.747. The molecule has 0 aliphatic carbocycles. The molecule has 3 N–H and O–H groups in total. The molecule has 20 heavy (non-hydrogen) atoms. The molecule has 1 amide bonds. The number of nitrogens with zero attached hydrogens (tertiary/aromatic N) is 1. The first-order chi connectivity index (χ1) is 9.46. The summed E-state index contributed by atoms with van der Waals surface area (Å²) in [5.74, 6) is -0.740. The third kappa shape index (κ3) is 3.95. The van der Waals surface area contributed by atoms with Crippen LogP contribution in [0.15, 0.2) is 0 Å². The molecular formula is C15H28N2O3. The van der Waals surface area contributed by atoms with Gasteiger partial charge in [-0.05, 0) is 38.6 Å². The highest BCUT2D eigenvalue weighted by Crippen LogP contribution is 2.35. The molecule has 5 heteroatoms. The van der Waals surface area contributed by atoms with E-state index in [9.17, 15) is 14.7 Å². The lowest BCUT2D eigenvalue weighted by atomic mass is 9.76. The Morgan fingerprint density at radius 3 is 2.70 bits per heavy atom. The highest BCUT2D eigenvalue weighted by Gasteiger charge is 2.43. The van der Waals surface area contributed by atoms with E-state index in [0.717, 1.165) is 25.7 Å². The molecule has 0 aromatic rings. The first-order valence-corrected chi connectivity index (χ1v) is 7.69. The second-order valence-electron chi connectivity index (χ2n) is 6.03. The van der Waals surface area contributed by atoms with Crippen LogP contribution in [0.3, 0.4) is 0 Å². The van der Waals surface area contributed by atoms with Crippen LogP contribution in [0.2, 0.25) is 0 Å². The van der Waals surface area contributed by atoms with Crippen LogP contribution in [-0.2, 0) is 9.59 Å². The maximum atomic E-state index is 12.4. The standard InChI is InChI=1S/C15H28N2O3/c1-3-7-15(14(19)20)8-5-10-17(11-15)13(18)12(2)6-4-9-16/h12H,3-11,16H2,1-2H3,(H,19,20). The highest BCUT2D eigenvalue weighted by molar-refractivity contribution is 5.81. The minimum absolute atomic E-state index is 0.0650. The molecular weight excluding hydrogens is 256 g/mol. The van der Waals surface area contributed by atoms with Crippen LogP contribution in [-0.4, -0.2) is 41.5 Å². The van der Waals surface area contributed by atoms with Crippen LogP contribution < -0.4 is 5.73 Å². The van der Waals surface area contributed by atoms with Gasteiger partial charge in [0.1, 0.15) is 0 Å². The number of carbonyl (C=O) groups is 2. The number of piperidine rings is 1. The average Bonchev–Trinajstić information content (AvgIpc) is 2.44. The molecule has 1 fully saturated rings. The Hall–Kier alpha value is -1.10. The normalized spacial score (nSPS) is 24.4. The molecule has 0 saturated carbocycles. The number of hydrogen-bond donors (Lipinski definition) is 2. The molecule has 2 atom stereocenters. The van der Waals surface area contributed by atoms with Crippen LogP contribution >= 0.6 is 0 Å². The fourth-order valence-corrected chi connectivity index (χ4v) is 3.14. The molecule has 5 nitrogen and oxygen atoms in total. The average molecular weight is 284 g/mol. The number of carboxylic acids is 1. The fourth-order valence-electron chi connectivity index (χ4n) is 3.14. The molecule has 1 aliphatic heterocycles. The molecule has 1 aliphatic rings. The van der Waals surface area contributed by atoms with Crippen molar-refractivity contribution >= 4 is 11.9 Å². The largest absolute Gasteiger partial charge is 0.481 e. The molecule has 0 aromatic heterocycles. The summed E-state index contributed by atoms with van der Waals surface area (Å²) in [6.07, 6.45) is 4.54. The zero-order chi connectivity index (χ0) is 15.2. The van der Waals surface area contributed by atoms with Gasteiger partial charge in [0.05, 0.1) is 5.41 Å². The van der Waals surface area contributed by atoms with Crippen molar-refractivity contribution in [3.63, 3.8) is 0 Å². The van der Waals surface area contributed by atoms with Crippen LogP contribution in [0.5, 0.6) is 0 Å². The van der Waals surface area contributed by atoms with Gasteiger partial charge in [-0.1, -0.05) is 20.3 Å². The van der Waals surface area contributed by atoms with E-state index >= 15 is 0 Å². The lowest BCUT2D eigenvalue weighted by molar-refractivity contribution is -0.156. The molecule has 0 bridgehead atoms. The van der Waals surface area contributed by atoms with Gasteiger partial charge in [0, 0.05) is 19.0 Å². The van der Waals surface area contributed by atoms with Crippen molar-refractivity contribution in [1.29, 1.82) is 0 Å². The van der Waals surface area contributed by atoms with Crippen LogP contribution in [0.4, 0.5) is 0 Å². The van der Waals surface area contributed by atoms with Gasteiger partial charge >= 0.3 is 5.97 Å². The maximum absolute atomic E-state index is 12.4. The summed E-state index contributed by atoms with van der Waals surface area (Å²) < 4.78 is 0. The minimum Gasteiger partial charge on any atom is -0.481 e. The Bertz CT molecular complexity index is 342. The Labute approximate surface area is 121 Å². The number of aliphatic carboxylic acids is 1. The predicted molar refractivity (Wildman–Crippen MR) is 78.2 cm³/mol. The number of carboxylic acid groups (broad SMARTS) is 1. The van der Waals surface area contributed by atoms with E-state index < -0.39 is 11.4 Å². The second kappa shape index (κ2) is 7.62. The first kappa shape index (κ1) is 17.0. The number of rotatable bonds is 7. The van der Waals surface area contributed by atoms with Crippen LogP contribution in [0, 0.1) is 11.3 Å². The maximum Gasteiger partial charge on any atom is 0.311 e. The van der Waals surface area contributed by atoms with Crippen molar-refractivity contribution in [2.75, 3.05) is 19.6 Å². The van der Waals surface area contributed by atoms with Gasteiger partial charge < -0.3 is 15.7 Å². The van der Waals surface area contributed by atoms with E-state index in [-0.39, 0.29) is 11.8 Å². The van der Waals surface area contributed by atoms with E-state index in [0.29, 0.717) is 32.5 Å². The second-order valence-corrected chi connectivity index (χ2v) is 6.03. The number of carbonyl (C=O) groups excluding carboxylic acids is 1. The van der Waals surface area contributed by atoms with Gasteiger partial charge in [0.2, 0.25) is 5.91 Å². The number of likely N-dealkylation sites (tertiary alicyclic amines) is 1. The Morgan fingerprint density at radius 2 is 2.15 bits per heavy atom. The van der Waals surface area contributed by atoms with Crippen LogP contribution in [0.1, 0.15) is 52.4 Å². The van der Waals surface area contributed by atoms with Crippen molar-refractivity contribution in [2.45, 2.75) is 52.4 Å². The van der Waals surface area contributed by atoms with Crippen molar-refractivity contribution in [2.24, 2.45) is 17.1 Å². The highest BCUT2D eigenvalue weighted by atomic mass is 16.4. The topological polar surface area (TPSA) is 83.6 Å². The van der Waals surface area contributed by atoms with Crippen molar-refractivity contribution < 1.29 is 14.7 Å². The summed E-state index contributed by atoms with van der Waals surface area (Å²) in [6.45, 7) is 5.54. The van der Waals surface area contributed by atoms with Crippen LogP contribution in [0.25, 0.3) is 0 Å². The Balaban J connectivity index is 2.72. The summed E-state index contributed by atoms with van der Waals surface area (Å²) in [5.41, 5.74) is 4.74. The first-order valence-electron chi connectivity index (χ1n) is 7.69. The van der Waals surface area contributed by atoms with E-state index in [4.69, 9.17) is 5.73 Å². The molecule has 116 valence electrons. The fraction of sp³-hybridized carbons (Fsp3) is 0.867. The Morgan fingerprint density at radius 1 is 1.45 bits per heavy atom. The lowest BCUT2D eigenvalue weighted by Crippen LogP contribution is -2.51. The summed E-state index contributed by atoms with van der Waals surface area (Å²) in [7, 11) is 0. The number of nitrogens with two attached hydrogens (primary N) is 1. The molecule has 0 aromatic carbocycles. The SMILES string of the molecule is CCCC1(C(=O)O)CCCN(C(=O)C(C)CCCN)C1. The molecule has 1 saturated heterocycles. The van der Waals surface area contributed by atoms with E-state index in [1.807, 2.05) is 13.8 Å². The van der Waals surface area contributed by atoms with E-state index in [1.54, 1.807) is 4.90 Å². The summed E-state index contributed by atoms with van der Waals surface area (Å²) >= 11 is 0. The van der Waals surface area contributed by atoms with Gasteiger partial charge in [-0.3, -0.25) is 9.59 Å². The van der Waals surface area contributed by atoms with Crippen molar-refractivity contribution in [1.82, 2.24) is 4.90 Å². The van der Waals surface area contributed by atoms with Gasteiger partial charge in [0.25, 0.3) is 0 Å². The molecule has 1 heterocycles. The Kier molecular flexibility index (Phi) is 6.46. The zero-order valence-corrected chi connectivity index (χ0v) is 12.7. The smallest absolute Gasteiger partial charge is 0.311 e. The molecule has 1 rings (SSSR count). The summed E-state index contributed by atoms with van der Waals surface area (Å²) in [6, 6.07) is 0. The zero-order valence-electron chi connectivity index (χ0n) is 12.7. The van der Waals surface area contributed by atoms with E-state index in [1.165, 1.54) is 0 Å². The van der Waals surface area contributed by atoms with E-state index in [2.05, 4.69) is 0 Å². The van der Waals surface area contributed by atoms with Crippen molar-refractivity contribution in [3.8, 4) is 0 Å². The van der Waals surface area contributed by atoms with Gasteiger partial charge in [-0.2, -0.15) is 0 Å². The van der Waals surface area contributed by atoms with Gasteiger partial charge in [-0.25, -0.2) is 0 Å².